The number of aryl methyl sites for hydroxylation is 1. The first-order valence-electron chi connectivity index (χ1n) is 9.82. The molecule has 1 aromatic heterocycles. The van der Waals surface area contributed by atoms with Crippen LogP contribution in [0.15, 0.2) is 24.3 Å². The number of nitrogens with one attached hydrogen (secondary N) is 1. The molecular weight excluding hydrogens is 375 g/mol. The molecule has 1 aromatic carbocycles. The molecule has 0 atom stereocenters. The van der Waals surface area contributed by atoms with E-state index in [1.165, 1.54) is 12.1 Å². The minimum absolute atomic E-state index is 0.0151. The van der Waals surface area contributed by atoms with Crippen molar-refractivity contribution in [3.8, 4) is 0 Å². The van der Waals surface area contributed by atoms with Crippen molar-refractivity contribution in [2.24, 2.45) is 0 Å². The maximum absolute atomic E-state index is 13.5. The Balaban J connectivity index is 1.58. The van der Waals surface area contributed by atoms with Crippen LogP contribution < -0.4 is 5.32 Å². The van der Waals surface area contributed by atoms with E-state index in [9.17, 15) is 14.0 Å². The molecule has 0 saturated carbocycles. The van der Waals surface area contributed by atoms with Gasteiger partial charge in [-0.2, -0.15) is 0 Å². The Bertz CT molecular complexity index is 876. The number of ether oxygens (including phenoxy) is 1. The van der Waals surface area contributed by atoms with Crippen LogP contribution in [-0.4, -0.2) is 79.6 Å². The number of aromatic nitrogens is 1. The van der Waals surface area contributed by atoms with Crippen LogP contribution in [0.4, 0.5) is 4.39 Å². The average molecular weight is 402 g/mol. The van der Waals surface area contributed by atoms with Crippen molar-refractivity contribution in [1.82, 2.24) is 20.1 Å². The van der Waals surface area contributed by atoms with Gasteiger partial charge in [-0.15, -0.1) is 0 Å². The number of fused-ring (bicyclic) bond motifs is 1. The molecule has 1 aliphatic heterocycles. The number of nitrogens with zero attached hydrogens (tertiary/aromatic N) is 3. The van der Waals surface area contributed by atoms with Gasteiger partial charge in [0.1, 0.15) is 5.82 Å². The smallest absolute Gasteiger partial charge is 0.254 e. The Hall–Kier alpha value is -2.58. The summed E-state index contributed by atoms with van der Waals surface area (Å²) in [6.45, 7) is 5.69. The van der Waals surface area contributed by atoms with Gasteiger partial charge < -0.3 is 15.0 Å². The summed E-state index contributed by atoms with van der Waals surface area (Å²) in [5, 5.41) is 3.53. The molecule has 1 saturated heterocycles. The first-order chi connectivity index (χ1) is 14.0. The number of benzene rings is 1. The summed E-state index contributed by atoms with van der Waals surface area (Å²) in [7, 11) is 1.64. The van der Waals surface area contributed by atoms with Crippen molar-refractivity contribution in [1.29, 1.82) is 0 Å². The lowest BCUT2D eigenvalue weighted by Gasteiger charge is -2.34. The number of piperazine rings is 1. The topological polar surface area (TPSA) is 74.8 Å². The fourth-order valence-corrected chi connectivity index (χ4v) is 3.49. The fraction of sp³-hybridized carbons (Fsp3) is 0.476. The van der Waals surface area contributed by atoms with Gasteiger partial charge in [0.05, 0.1) is 17.6 Å². The summed E-state index contributed by atoms with van der Waals surface area (Å²) >= 11 is 0. The molecule has 7 nitrogen and oxygen atoms in total. The van der Waals surface area contributed by atoms with Gasteiger partial charge in [0.15, 0.2) is 0 Å². The summed E-state index contributed by atoms with van der Waals surface area (Å²) in [5.41, 5.74) is 1.70. The highest BCUT2D eigenvalue weighted by atomic mass is 19.1. The third-order valence-corrected chi connectivity index (χ3v) is 5.00. The molecule has 1 aliphatic rings. The molecule has 2 heterocycles. The highest BCUT2D eigenvalue weighted by Gasteiger charge is 2.24. The maximum Gasteiger partial charge on any atom is 0.254 e. The van der Waals surface area contributed by atoms with E-state index in [-0.39, 0.29) is 17.6 Å². The van der Waals surface area contributed by atoms with Crippen molar-refractivity contribution in [3.05, 3.63) is 41.3 Å². The summed E-state index contributed by atoms with van der Waals surface area (Å²) < 4.78 is 18.5. The van der Waals surface area contributed by atoms with Crippen LogP contribution in [0.25, 0.3) is 10.9 Å². The molecule has 0 bridgehead atoms. The number of amides is 2. The molecule has 0 unspecified atom stereocenters. The van der Waals surface area contributed by atoms with E-state index in [0.29, 0.717) is 68.0 Å². The van der Waals surface area contributed by atoms with Crippen LogP contribution in [0, 0.1) is 12.7 Å². The van der Waals surface area contributed by atoms with Crippen molar-refractivity contribution in [2.75, 3.05) is 53.0 Å². The van der Waals surface area contributed by atoms with E-state index in [1.54, 1.807) is 31.1 Å². The molecular formula is C21H27FN4O3. The Labute approximate surface area is 169 Å². The van der Waals surface area contributed by atoms with Gasteiger partial charge in [-0.1, -0.05) is 0 Å². The van der Waals surface area contributed by atoms with Crippen LogP contribution in [0.3, 0.4) is 0 Å². The molecule has 1 N–H and O–H groups in total. The van der Waals surface area contributed by atoms with Crippen LogP contribution >= 0.6 is 0 Å². The fourth-order valence-electron chi connectivity index (χ4n) is 3.49. The van der Waals surface area contributed by atoms with Gasteiger partial charge in [-0.05, 0) is 31.5 Å². The molecule has 0 aliphatic carbocycles. The molecule has 8 heteroatoms. The van der Waals surface area contributed by atoms with Crippen molar-refractivity contribution in [2.45, 2.75) is 13.3 Å². The first-order valence-corrected chi connectivity index (χ1v) is 9.82. The molecule has 0 spiro atoms. The predicted molar refractivity (Wildman–Crippen MR) is 108 cm³/mol. The second kappa shape index (κ2) is 9.76. The predicted octanol–water partition coefficient (Wildman–Crippen LogP) is 1.59. The number of pyridine rings is 1. The summed E-state index contributed by atoms with van der Waals surface area (Å²) in [5.74, 6) is -0.474. The van der Waals surface area contributed by atoms with E-state index in [1.807, 2.05) is 4.90 Å². The van der Waals surface area contributed by atoms with Crippen LogP contribution in [0.2, 0.25) is 0 Å². The molecule has 2 amide bonds. The highest BCUT2D eigenvalue weighted by molar-refractivity contribution is 6.06. The lowest BCUT2D eigenvalue weighted by atomic mass is 10.1. The Morgan fingerprint density at radius 2 is 1.97 bits per heavy atom. The van der Waals surface area contributed by atoms with Gasteiger partial charge in [0.25, 0.3) is 5.91 Å². The van der Waals surface area contributed by atoms with Crippen molar-refractivity contribution in [3.63, 3.8) is 0 Å². The van der Waals surface area contributed by atoms with Gasteiger partial charge in [0, 0.05) is 63.6 Å². The second-order valence-electron chi connectivity index (χ2n) is 7.24. The number of carbonyl (C=O) groups is 2. The van der Waals surface area contributed by atoms with Crippen LogP contribution in [-0.2, 0) is 9.53 Å². The molecule has 1 fully saturated rings. The van der Waals surface area contributed by atoms with E-state index < -0.39 is 0 Å². The Kier molecular flexibility index (Phi) is 7.11. The molecule has 29 heavy (non-hydrogen) atoms. The number of carbonyl (C=O) groups excluding carboxylic acids is 2. The average Bonchev–Trinajstić information content (AvgIpc) is 2.70. The third-order valence-electron chi connectivity index (χ3n) is 5.00. The SMILES string of the molecule is COCCCNC(=O)CN1CCN(C(=O)c2cc(C)nc3cc(F)ccc23)CC1. The number of methoxy groups -OCH3 is 1. The lowest BCUT2D eigenvalue weighted by molar-refractivity contribution is -0.122. The number of rotatable bonds is 7. The first kappa shape index (κ1) is 21.1. The van der Waals surface area contributed by atoms with Gasteiger partial charge in [0.2, 0.25) is 5.91 Å². The quantitative estimate of drug-likeness (QED) is 0.712. The van der Waals surface area contributed by atoms with E-state index in [0.717, 1.165) is 6.42 Å². The van der Waals surface area contributed by atoms with Gasteiger partial charge in [-0.25, -0.2) is 4.39 Å². The second-order valence-corrected chi connectivity index (χ2v) is 7.24. The lowest BCUT2D eigenvalue weighted by Crippen LogP contribution is -2.51. The normalized spacial score (nSPS) is 14.9. The largest absolute Gasteiger partial charge is 0.385 e. The van der Waals surface area contributed by atoms with Crippen molar-refractivity contribution >= 4 is 22.7 Å². The van der Waals surface area contributed by atoms with E-state index >= 15 is 0 Å². The van der Waals surface area contributed by atoms with Crippen LogP contribution in [0.5, 0.6) is 0 Å². The van der Waals surface area contributed by atoms with Crippen molar-refractivity contribution < 1.29 is 18.7 Å². The highest BCUT2D eigenvalue weighted by Crippen LogP contribution is 2.21. The zero-order chi connectivity index (χ0) is 20.8. The minimum atomic E-state index is -0.372. The van der Waals surface area contributed by atoms with E-state index in [2.05, 4.69) is 10.3 Å². The molecule has 156 valence electrons. The zero-order valence-corrected chi connectivity index (χ0v) is 16.9. The van der Waals surface area contributed by atoms with Gasteiger partial charge in [-0.3, -0.25) is 19.5 Å². The zero-order valence-electron chi connectivity index (χ0n) is 16.9. The van der Waals surface area contributed by atoms with E-state index in [4.69, 9.17) is 4.74 Å². The number of hydrogen-bond acceptors (Lipinski definition) is 5. The maximum atomic E-state index is 13.5. The number of halogens is 1. The summed E-state index contributed by atoms with van der Waals surface area (Å²) in [6, 6.07) is 6.05. The Morgan fingerprint density at radius 1 is 1.21 bits per heavy atom. The summed E-state index contributed by atoms with van der Waals surface area (Å²) in [6.07, 6.45) is 0.785. The van der Waals surface area contributed by atoms with Crippen LogP contribution in [0.1, 0.15) is 22.5 Å². The molecule has 0 radical (unpaired) electrons. The molecule has 3 rings (SSSR count). The summed E-state index contributed by atoms with van der Waals surface area (Å²) in [4.78, 5) is 33.2. The number of hydrogen-bond donors (Lipinski definition) is 1. The monoisotopic (exact) mass is 402 g/mol. The van der Waals surface area contributed by atoms with Gasteiger partial charge >= 0.3 is 0 Å². The Morgan fingerprint density at radius 3 is 2.69 bits per heavy atom. The molecule has 2 aromatic rings. The standard InChI is InChI=1S/C21H27FN4O3/c1-15-12-18(17-5-4-16(22)13-19(17)24-15)21(28)26-9-7-25(8-10-26)14-20(27)23-6-3-11-29-2/h4-5,12-13H,3,6-11,14H2,1-2H3,(H,23,27). The minimum Gasteiger partial charge on any atom is -0.385 e. The third kappa shape index (κ3) is 5.48.